The van der Waals surface area contributed by atoms with Gasteiger partial charge >= 0.3 is 0 Å². The van der Waals surface area contributed by atoms with Crippen molar-refractivity contribution in [3.05, 3.63) is 36.0 Å². The van der Waals surface area contributed by atoms with Crippen LogP contribution >= 0.6 is 0 Å². The van der Waals surface area contributed by atoms with Crippen molar-refractivity contribution >= 4 is 16.8 Å². The second kappa shape index (κ2) is 9.13. The smallest absolute Gasteiger partial charge is 0.226 e. The number of hydrogen-bond acceptors (Lipinski definition) is 2. The number of likely N-dealkylation sites (tertiary alicyclic amines) is 1. The predicted molar refractivity (Wildman–Crippen MR) is 115 cm³/mol. The standard InChI is InChI=1S/C24H35N3O/c1-25-22(18-21-12-6-7-13-23(21)25)19-27(17-16-26-14-8-9-15-26)24(28)20-10-4-2-3-5-11-20/h6-7,12-13,18,20H,2-5,8-11,14-17,19H2,1H3. The van der Waals surface area contributed by atoms with Gasteiger partial charge in [0.1, 0.15) is 0 Å². The normalized spacial score (nSPS) is 19.2. The number of aryl methyl sites for hydroxylation is 1. The fourth-order valence-electron chi connectivity index (χ4n) is 5.01. The van der Waals surface area contributed by atoms with Gasteiger partial charge in [-0.05, 0) is 56.3 Å². The van der Waals surface area contributed by atoms with Gasteiger partial charge in [0.25, 0.3) is 0 Å². The first-order valence-electron chi connectivity index (χ1n) is 11.3. The number of amides is 1. The molecule has 2 aliphatic rings. The molecule has 0 radical (unpaired) electrons. The summed E-state index contributed by atoms with van der Waals surface area (Å²) in [4.78, 5) is 18.2. The maximum Gasteiger partial charge on any atom is 0.226 e. The third-order valence-electron chi connectivity index (χ3n) is 6.80. The first kappa shape index (κ1) is 19.5. The number of nitrogens with zero attached hydrogens (tertiary/aromatic N) is 3. The molecule has 1 aliphatic carbocycles. The fraction of sp³-hybridized carbons (Fsp3) is 0.625. The quantitative estimate of drug-likeness (QED) is 0.686. The summed E-state index contributed by atoms with van der Waals surface area (Å²) in [5, 5.41) is 1.27. The largest absolute Gasteiger partial charge is 0.346 e. The van der Waals surface area contributed by atoms with Gasteiger partial charge in [-0.15, -0.1) is 0 Å². The summed E-state index contributed by atoms with van der Waals surface area (Å²) in [6.07, 6.45) is 9.78. The Balaban J connectivity index is 1.52. The van der Waals surface area contributed by atoms with E-state index in [1.54, 1.807) is 0 Å². The first-order chi connectivity index (χ1) is 13.7. The van der Waals surface area contributed by atoms with Gasteiger partial charge < -0.3 is 14.4 Å². The predicted octanol–water partition coefficient (Wildman–Crippen LogP) is 4.57. The van der Waals surface area contributed by atoms with Crippen molar-refractivity contribution in [2.45, 2.75) is 57.9 Å². The molecule has 1 amide bonds. The second-order valence-electron chi connectivity index (χ2n) is 8.75. The highest BCUT2D eigenvalue weighted by Crippen LogP contribution is 2.26. The Hall–Kier alpha value is -1.81. The van der Waals surface area contributed by atoms with E-state index < -0.39 is 0 Å². The molecule has 4 rings (SSSR count). The minimum atomic E-state index is 0.232. The van der Waals surface area contributed by atoms with Gasteiger partial charge in [0.05, 0.1) is 6.54 Å². The molecule has 1 aromatic heterocycles. The van der Waals surface area contributed by atoms with Crippen LogP contribution in [0, 0.1) is 5.92 Å². The number of aromatic nitrogens is 1. The maximum absolute atomic E-state index is 13.5. The Kier molecular flexibility index (Phi) is 6.36. The van der Waals surface area contributed by atoms with Crippen LogP contribution in [0.3, 0.4) is 0 Å². The highest BCUT2D eigenvalue weighted by atomic mass is 16.2. The topological polar surface area (TPSA) is 28.5 Å². The van der Waals surface area contributed by atoms with Gasteiger partial charge in [0.15, 0.2) is 0 Å². The molecule has 0 atom stereocenters. The molecule has 0 bridgehead atoms. The molecule has 0 spiro atoms. The van der Waals surface area contributed by atoms with E-state index in [2.05, 4.69) is 51.7 Å². The van der Waals surface area contributed by atoms with Crippen LogP contribution in [0.25, 0.3) is 10.9 Å². The van der Waals surface area contributed by atoms with E-state index in [0.29, 0.717) is 5.91 Å². The summed E-state index contributed by atoms with van der Waals surface area (Å²) in [5.74, 6) is 0.627. The number of carbonyl (C=O) groups excluding carboxylic acids is 1. The van der Waals surface area contributed by atoms with Crippen molar-refractivity contribution in [2.75, 3.05) is 26.2 Å². The number of para-hydroxylation sites is 1. The summed E-state index contributed by atoms with van der Waals surface area (Å²) in [7, 11) is 2.13. The molecule has 2 heterocycles. The molecule has 4 nitrogen and oxygen atoms in total. The van der Waals surface area contributed by atoms with Crippen LogP contribution in [0.4, 0.5) is 0 Å². The van der Waals surface area contributed by atoms with E-state index in [0.717, 1.165) is 32.5 Å². The summed E-state index contributed by atoms with van der Waals surface area (Å²) in [6, 6.07) is 10.8. The monoisotopic (exact) mass is 381 g/mol. The Morgan fingerprint density at radius 3 is 2.46 bits per heavy atom. The van der Waals surface area contributed by atoms with Crippen LogP contribution in [0.1, 0.15) is 57.1 Å². The number of carbonyl (C=O) groups is 1. The second-order valence-corrected chi connectivity index (χ2v) is 8.75. The van der Waals surface area contributed by atoms with Crippen LogP contribution in [0.5, 0.6) is 0 Å². The maximum atomic E-state index is 13.5. The van der Waals surface area contributed by atoms with Crippen LogP contribution < -0.4 is 0 Å². The van der Waals surface area contributed by atoms with E-state index >= 15 is 0 Å². The van der Waals surface area contributed by atoms with Gasteiger partial charge in [-0.25, -0.2) is 0 Å². The average molecular weight is 382 g/mol. The number of fused-ring (bicyclic) bond motifs is 1. The van der Waals surface area contributed by atoms with Gasteiger partial charge in [-0.1, -0.05) is 43.9 Å². The lowest BCUT2D eigenvalue weighted by atomic mass is 9.98. The summed E-state index contributed by atoms with van der Waals surface area (Å²) < 4.78 is 2.26. The van der Waals surface area contributed by atoms with Crippen LogP contribution in [-0.4, -0.2) is 46.5 Å². The zero-order chi connectivity index (χ0) is 19.3. The molecule has 1 saturated heterocycles. The van der Waals surface area contributed by atoms with Crippen molar-refractivity contribution in [1.29, 1.82) is 0 Å². The van der Waals surface area contributed by atoms with E-state index in [4.69, 9.17) is 0 Å². The van der Waals surface area contributed by atoms with Crippen LogP contribution in [-0.2, 0) is 18.4 Å². The van der Waals surface area contributed by atoms with Gasteiger partial charge in [0.2, 0.25) is 5.91 Å². The lowest BCUT2D eigenvalue weighted by Crippen LogP contribution is -2.41. The van der Waals surface area contributed by atoms with Crippen molar-refractivity contribution in [2.24, 2.45) is 13.0 Å². The van der Waals surface area contributed by atoms with Gasteiger partial charge in [-0.2, -0.15) is 0 Å². The highest BCUT2D eigenvalue weighted by molar-refractivity contribution is 5.82. The third kappa shape index (κ3) is 4.43. The minimum Gasteiger partial charge on any atom is -0.346 e. The van der Waals surface area contributed by atoms with Gasteiger partial charge in [-0.3, -0.25) is 4.79 Å². The molecule has 4 heteroatoms. The van der Waals surface area contributed by atoms with E-state index in [-0.39, 0.29) is 5.92 Å². The Morgan fingerprint density at radius 2 is 1.75 bits per heavy atom. The summed E-state index contributed by atoms with van der Waals surface area (Å²) in [6.45, 7) is 4.99. The third-order valence-corrected chi connectivity index (χ3v) is 6.80. The Morgan fingerprint density at radius 1 is 1.04 bits per heavy atom. The molecular weight excluding hydrogens is 346 g/mol. The SMILES string of the molecule is Cn1c(CN(CCN2CCCC2)C(=O)C2CCCCCC2)cc2ccccc21. The Bertz CT molecular complexity index is 782. The van der Waals surface area contributed by atoms with Crippen molar-refractivity contribution in [3.63, 3.8) is 0 Å². The van der Waals surface area contributed by atoms with Crippen molar-refractivity contribution in [1.82, 2.24) is 14.4 Å². The fourth-order valence-corrected chi connectivity index (χ4v) is 5.01. The lowest BCUT2D eigenvalue weighted by molar-refractivity contribution is -0.136. The van der Waals surface area contributed by atoms with E-state index in [9.17, 15) is 4.79 Å². The zero-order valence-electron chi connectivity index (χ0n) is 17.4. The molecule has 152 valence electrons. The molecule has 0 unspecified atom stereocenters. The molecular formula is C24H35N3O. The highest BCUT2D eigenvalue weighted by Gasteiger charge is 2.26. The zero-order valence-corrected chi connectivity index (χ0v) is 17.4. The molecule has 2 fully saturated rings. The summed E-state index contributed by atoms with van der Waals surface area (Å²) in [5.41, 5.74) is 2.49. The molecule has 28 heavy (non-hydrogen) atoms. The number of rotatable bonds is 6. The molecule has 1 aromatic carbocycles. The number of benzene rings is 1. The van der Waals surface area contributed by atoms with E-state index in [1.807, 2.05) is 0 Å². The molecule has 0 N–H and O–H groups in total. The minimum absolute atomic E-state index is 0.232. The summed E-state index contributed by atoms with van der Waals surface area (Å²) >= 11 is 0. The first-order valence-corrected chi connectivity index (χ1v) is 11.3. The Labute approximate surface area is 169 Å². The molecule has 1 aliphatic heterocycles. The lowest BCUT2D eigenvalue weighted by Gasteiger charge is -2.29. The number of hydrogen-bond donors (Lipinski definition) is 0. The van der Waals surface area contributed by atoms with Crippen molar-refractivity contribution < 1.29 is 4.79 Å². The van der Waals surface area contributed by atoms with Gasteiger partial charge in [0, 0.05) is 37.3 Å². The van der Waals surface area contributed by atoms with Crippen molar-refractivity contribution in [3.8, 4) is 0 Å². The van der Waals surface area contributed by atoms with E-state index in [1.165, 1.54) is 68.2 Å². The van der Waals surface area contributed by atoms with Crippen LogP contribution in [0.15, 0.2) is 30.3 Å². The van der Waals surface area contributed by atoms with Crippen LogP contribution in [0.2, 0.25) is 0 Å². The molecule has 1 saturated carbocycles. The molecule has 2 aromatic rings. The average Bonchev–Trinajstić information content (AvgIpc) is 3.24.